The maximum absolute atomic E-state index is 14.0. The molecule has 0 radical (unpaired) electrons. The van der Waals surface area contributed by atoms with E-state index in [9.17, 15) is 8.78 Å². The van der Waals surface area contributed by atoms with Crippen molar-refractivity contribution >= 4 is 17.0 Å². The fourth-order valence-corrected chi connectivity index (χ4v) is 3.40. The van der Waals surface area contributed by atoms with E-state index in [2.05, 4.69) is 32.9 Å². The molecule has 7 heteroatoms. The van der Waals surface area contributed by atoms with Gasteiger partial charge in [0, 0.05) is 6.42 Å². The predicted octanol–water partition coefficient (Wildman–Crippen LogP) is 3.18. The fourth-order valence-electron chi connectivity index (χ4n) is 3.40. The summed E-state index contributed by atoms with van der Waals surface area (Å²) in [6.07, 6.45) is 0.899. The number of nitrogens with zero attached hydrogens (tertiary/aromatic N) is 3. The minimum absolute atomic E-state index is 0.0322. The van der Waals surface area contributed by atoms with Crippen molar-refractivity contribution < 1.29 is 8.78 Å². The van der Waals surface area contributed by atoms with Gasteiger partial charge in [-0.15, -0.1) is 0 Å². The molecule has 5 nitrogen and oxygen atoms in total. The van der Waals surface area contributed by atoms with Gasteiger partial charge in [-0.1, -0.05) is 19.1 Å². The van der Waals surface area contributed by atoms with Crippen LogP contribution in [0.5, 0.6) is 0 Å². The number of anilines is 1. The molecule has 1 aliphatic carbocycles. The van der Waals surface area contributed by atoms with E-state index in [-0.39, 0.29) is 11.5 Å². The van der Waals surface area contributed by atoms with E-state index < -0.39 is 12.2 Å². The van der Waals surface area contributed by atoms with Gasteiger partial charge in [0.25, 0.3) is 0 Å². The summed E-state index contributed by atoms with van der Waals surface area (Å²) in [5, 5.41) is 0. The molecule has 0 saturated carbocycles. The average molecular weight is 329 g/mol. The third kappa shape index (κ3) is 2.40. The number of nitrogen functional groups attached to an aromatic ring is 1. The van der Waals surface area contributed by atoms with Crippen LogP contribution in [0.25, 0.3) is 11.2 Å². The number of nitrogens with one attached hydrogen (secondary N) is 1. The lowest BCUT2D eigenvalue weighted by molar-refractivity contribution is 0.343. The highest BCUT2D eigenvalue weighted by molar-refractivity contribution is 5.81. The van der Waals surface area contributed by atoms with Crippen molar-refractivity contribution in [3.63, 3.8) is 0 Å². The lowest BCUT2D eigenvalue weighted by atomic mass is 9.96. The van der Waals surface area contributed by atoms with E-state index in [0.717, 1.165) is 29.5 Å². The van der Waals surface area contributed by atoms with Crippen LogP contribution in [0, 0.1) is 6.08 Å². The monoisotopic (exact) mass is 329 g/mol. The second-order valence-corrected chi connectivity index (χ2v) is 6.12. The summed E-state index contributed by atoms with van der Waals surface area (Å²) in [4.78, 5) is 14.5. The van der Waals surface area contributed by atoms with Gasteiger partial charge in [0.15, 0.2) is 11.5 Å². The van der Waals surface area contributed by atoms with Crippen molar-refractivity contribution in [3.05, 3.63) is 46.3 Å². The van der Waals surface area contributed by atoms with Gasteiger partial charge in [0.05, 0.1) is 0 Å². The number of benzene rings is 1. The van der Waals surface area contributed by atoms with Gasteiger partial charge in [0.2, 0.25) is 0 Å². The quantitative estimate of drug-likeness (QED) is 0.723. The molecule has 1 unspecified atom stereocenters. The van der Waals surface area contributed by atoms with Gasteiger partial charge >= 0.3 is 6.08 Å². The highest BCUT2D eigenvalue weighted by Crippen LogP contribution is 2.36. The normalized spacial score (nSPS) is 16.7. The number of halogens is 2. The Balaban J connectivity index is 1.75. The lowest BCUT2D eigenvalue weighted by Gasteiger charge is -2.11. The molecule has 3 N–H and O–H groups in total. The predicted molar refractivity (Wildman–Crippen MR) is 86.9 cm³/mol. The Morgan fingerprint density at radius 3 is 2.88 bits per heavy atom. The van der Waals surface area contributed by atoms with Gasteiger partial charge in [-0.25, -0.2) is 9.37 Å². The largest absolute Gasteiger partial charge is 0.382 e. The molecule has 0 fully saturated rings. The molecule has 0 saturated heterocycles. The van der Waals surface area contributed by atoms with Crippen molar-refractivity contribution in [2.75, 3.05) is 5.73 Å². The van der Waals surface area contributed by atoms with Crippen LogP contribution >= 0.6 is 0 Å². The minimum Gasteiger partial charge on any atom is -0.382 e. The first kappa shape index (κ1) is 15.0. The number of nitrogens with two attached hydrogens (primary N) is 1. The van der Waals surface area contributed by atoms with Gasteiger partial charge in [0.1, 0.15) is 17.5 Å². The molecule has 0 amide bonds. The van der Waals surface area contributed by atoms with E-state index in [1.807, 2.05) is 6.07 Å². The Morgan fingerprint density at radius 2 is 2.08 bits per heavy atom. The molecule has 2 heterocycles. The maximum Gasteiger partial charge on any atom is 0.312 e. The molecule has 124 valence electrons. The first-order valence-corrected chi connectivity index (χ1v) is 8.01. The van der Waals surface area contributed by atoms with E-state index in [1.54, 1.807) is 0 Å². The number of aromatic nitrogens is 4. The molecule has 0 aliphatic heterocycles. The van der Waals surface area contributed by atoms with Gasteiger partial charge in [-0.2, -0.15) is 14.4 Å². The van der Waals surface area contributed by atoms with Gasteiger partial charge < -0.3 is 10.7 Å². The Kier molecular flexibility index (Phi) is 3.44. The molecule has 1 aliphatic rings. The first-order valence-electron chi connectivity index (χ1n) is 8.01. The molecular weight excluding hydrogens is 312 g/mol. The second kappa shape index (κ2) is 5.51. The summed E-state index contributed by atoms with van der Waals surface area (Å²) in [7, 11) is 0. The summed E-state index contributed by atoms with van der Waals surface area (Å²) in [6, 6.07) is 4.04. The van der Waals surface area contributed by atoms with Crippen molar-refractivity contribution in [2.45, 2.75) is 38.8 Å². The molecule has 1 aromatic carbocycles. The summed E-state index contributed by atoms with van der Waals surface area (Å²) in [6.45, 7) is 2.07. The van der Waals surface area contributed by atoms with Crippen LogP contribution in [0.1, 0.15) is 47.6 Å². The number of aryl methyl sites for hydroxylation is 2. The van der Waals surface area contributed by atoms with Crippen LogP contribution in [0.3, 0.4) is 0 Å². The van der Waals surface area contributed by atoms with Crippen molar-refractivity contribution in [1.29, 1.82) is 0 Å². The van der Waals surface area contributed by atoms with Gasteiger partial charge in [-0.3, -0.25) is 0 Å². The Labute approximate surface area is 137 Å². The van der Waals surface area contributed by atoms with E-state index in [1.165, 1.54) is 5.56 Å². The molecular formula is C17H17F2N5. The zero-order chi connectivity index (χ0) is 16.8. The Bertz CT molecular complexity index is 934. The third-order valence-corrected chi connectivity index (χ3v) is 4.61. The summed E-state index contributed by atoms with van der Waals surface area (Å²) < 4.78 is 27.3. The first-order chi connectivity index (χ1) is 11.5. The van der Waals surface area contributed by atoms with Crippen LogP contribution < -0.4 is 5.73 Å². The van der Waals surface area contributed by atoms with Crippen LogP contribution in [-0.2, 0) is 19.3 Å². The van der Waals surface area contributed by atoms with Crippen LogP contribution in [0.4, 0.5) is 14.6 Å². The summed E-state index contributed by atoms with van der Waals surface area (Å²) in [5.74, 6) is 0.643. The number of hydrogen-bond acceptors (Lipinski definition) is 4. The Morgan fingerprint density at radius 1 is 1.25 bits per heavy atom. The highest BCUT2D eigenvalue weighted by atomic mass is 19.1. The van der Waals surface area contributed by atoms with E-state index in [0.29, 0.717) is 24.2 Å². The number of alkyl halides is 1. The van der Waals surface area contributed by atoms with E-state index >= 15 is 0 Å². The van der Waals surface area contributed by atoms with Crippen molar-refractivity contribution in [3.8, 4) is 0 Å². The SMILES string of the molecule is CCc1cc2c(cc1Cc1nc3nc(F)nc(N)c3[nH]1)C(F)CC2. The molecule has 2 aromatic heterocycles. The third-order valence-electron chi connectivity index (χ3n) is 4.61. The maximum atomic E-state index is 14.0. The second-order valence-electron chi connectivity index (χ2n) is 6.12. The standard InChI is InChI=1S/C17H17F2N5/c1-2-8-5-9-3-4-12(18)11(9)6-10(8)7-13-21-14-15(20)23-17(19)24-16(14)22-13/h5-6,12H,2-4,7H2,1H3,(H3,20,21,22,23,24). The molecule has 0 spiro atoms. The molecule has 1 atom stereocenters. The van der Waals surface area contributed by atoms with Crippen LogP contribution in [0.15, 0.2) is 12.1 Å². The van der Waals surface area contributed by atoms with Crippen LogP contribution in [0.2, 0.25) is 0 Å². The number of imidazole rings is 1. The van der Waals surface area contributed by atoms with Crippen molar-refractivity contribution in [1.82, 2.24) is 19.9 Å². The molecule has 4 rings (SSSR count). The van der Waals surface area contributed by atoms with E-state index in [4.69, 9.17) is 5.73 Å². The zero-order valence-electron chi connectivity index (χ0n) is 13.2. The number of fused-ring (bicyclic) bond motifs is 2. The molecule has 24 heavy (non-hydrogen) atoms. The fraction of sp³-hybridized carbons (Fsp3) is 0.353. The number of aromatic amines is 1. The number of rotatable bonds is 3. The topological polar surface area (TPSA) is 80.5 Å². The molecule has 0 bridgehead atoms. The molecule has 3 aromatic rings. The average Bonchev–Trinajstić information content (AvgIpc) is 3.10. The summed E-state index contributed by atoms with van der Waals surface area (Å²) >= 11 is 0. The summed E-state index contributed by atoms with van der Waals surface area (Å²) in [5.41, 5.74) is 10.4. The highest BCUT2D eigenvalue weighted by Gasteiger charge is 2.23. The lowest BCUT2D eigenvalue weighted by Crippen LogP contribution is -2.00. The number of hydrogen-bond donors (Lipinski definition) is 2. The van der Waals surface area contributed by atoms with Crippen LogP contribution in [-0.4, -0.2) is 19.9 Å². The smallest absolute Gasteiger partial charge is 0.312 e. The number of H-pyrrole nitrogens is 1. The Hall–Kier alpha value is -2.57. The van der Waals surface area contributed by atoms with Crippen molar-refractivity contribution in [2.24, 2.45) is 0 Å². The van der Waals surface area contributed by atoms with Gasteiger partial charge in [-0.05, 0) is 41.5 Å². The zero-order valence-corrected chi connectivity index (χ0v) is 13.2. The minimum atomic E-state index is -0.898.